The van der Waals surface area contributed by atoms with Crippen LogP contribution >= 0.6 is 0 Å². The van der Waals surface area contributed by atoms with Crippen LogP contribution in [-0.2, 0) is 9.59 Å². The van der Waals surface area contributed by atoms with Gasteiger partial charge in [-0.1, -0.05) is 12.1 Å². The average Bonchev–Trinajstić information content (AvgIpc) is 3.19. The molecule has 114 valence electrons. The third-order valence-electron chi connectivity index (χ3n) is 3.56. The van der Waals surface area contributed by atoms with Crippen LogP contribution in [0.15, 0.2) is 24.3 Å². The van der Waals surface area contributed by atoms with Crippen LogP contribution in [0.25, 0.3) is 0 Å². The third-order valence-corrected chi connectivity index (χ3v) is 3.56. The van der Waals surface area contributed by atoms with Crippen LogP contribution in [0.2, 0.25) is 0 Å². The van der Waals surface area contributed by atoms with Crippen molar-refractivity contribution in [3.63, 3.8) is 0 Å². The van der Waals surface area contributed by atoms with Crippen molar-refractivity contribution < 1.29 is 19.4 Å². The van der Waals surface area contributed by atoms with Gasteiger partial charge in [0.15, 0.2) is 0 Å². The van der Waals surface area contributed by atoms with Gasteiger partial charge in [-0.2, -0.15) is 0 Å². The van der Waals surface area contributed by atoms with Gasteiger partial charge in [0.1, 0.15) is 5.75 Å². The van der Waals surface area contributed by atoms with E-state index < -0.39 is 11.9 Å². The number of hydrogen-bond donors (Lipinski definition) is 2. The van der Waals surface area contributed by atoms with E-state index in [0.717, 1.165) is 11.3 Å². The number of carbonyl (C=O) groups is 2. The van der Waals surface area contributed by atoms with E-state index in [2.05, 4.69) is 5.32 Å². The molecule has 5 heteroatoms. The first-order valence-electron chi connectivity index (χ1n) is 7.18. The molecule has 1 aliphatic carbocycles. The Morgan fingerprint density at radius 3 is 2.29 bits per heavy atom. The predicted molar refractivity (Wildman–Crippen MR) is 78.0 cm³/mol. The number of carboxylic acids is 1. The summed E-state index contributed by atoms with van der Waals surface area (Å²) >= 11 is 0. The molecule has 1 aliphatic rings. The highest BCUT2D eigenvalue weighted by Gasteiger charge is 2.48. The molecule has 21 heavy (non-hydrogen) atoms. The standard InChI is InChI=1S/C16H21NO4/c1-9(2)21-12-6-4-11(5-7-12)10(3)17-15(18)13-8-14(13)16(19)20/h4-7,9-10,13-14H,8H2,1-3H3,(H,17,18)(H,19,20)/t10-,13-,14+/m0/s1. The predicted octanol–water partition coefficient (Wildman–Crippen LogP) is 2.37. The van der Waals surface area contributed by atoms with E-state index in [0.29, 0.717) is 6.42 Å². The summed E-state index contributed by atoms with van der Waals surface area (Å²) in [7, 11) is 0. The Bertz CT molecular complexity index is 524. The number of nitrogens with one attached hydrogen (secondary N) is 1. The van der Waals surface area contributed by atoms with Crippen LogP contribution < -0.4 is 10.1 Å². The number of aliphatic carboxylic acids is 1. The van der Waals surface area contributed by atoms with Gasteiger partial charge >= 0.3 is 5.97 Å². The zero-order valence-corrected chi connectivity index (χ0v) is 12.5. The first-order valence-corrected chi connectivity index (χ1v) is 7.18. The molecule has 0 aromatic heterocycles. The van der Waals surface area contributed by atoms with Crippen LogP contribution in [0, 0.1) is 11.8 Å². The lowest BCUT2D eigenvalue weighted by molar-refractivity contribution is -0.140. The highest BCUT2D eigenvalue weighted by Crippen LogP contribution is 2.39. The van der Waals surface area contributed by atoms with Crippen molar-refractivity contribution in [2.75, 3.05) is 0 Å². The molecule has 0 radical (unpaired) electrons. The Labute approximate surface area is 124 Å². The molecule has 0 heterocycles. The van der Waals surface area contributed by atoms with E-state index >= 15 is 0 Å². The number of hydrogen-bond acceptors (Lipinski definition) is 3. The molecule has 1 saturated carbocycles. The molecule has 2 rings (SSSR count). The van der Waals surface area contributed by atoms with Crippen LogP contribution in [0.3, 0.4) is 0 Å². The van der Waals surface area contributed by atoms with Gasteiger partial charge in [0, 0.05) is 0 Å². The summed E-state index contributed by atoms with van der Waals surface area (Å²) in [4.78, 5) is 22.7. The Kier molecular flexibility index (Phi) is 4.50. The fourth-order valence-electron chi connectivity index (χ4n) is 2.27. The second-order valence-corrected chi connectivity index (χ2v) is 5.75. The summed E-state index contributed by atoms with van der Waals surface area (Å²) in [6.45, 7) is 5.81. The summed E-state index contributed by atoms with van der Waals surface area (Å²) in [5.74, 6) is -1.18. The Morgan fingerprint density at radius 1 is 1.19 bits per heavy atom. The summed E-state index contributed by atoms with van der Waals surface area (Å²) in [6, 6.07) is 7.40. The fraction of sp³-hybridized carbons (Fsp3) is 0.500. The Hall–Kier alpha value is -2.04. The molecular weight excluding hydrogens is 270 g/mol. The molecule has 3 atom stereocenters. The number of benzene rings is 1. The van der Waals surface area contributed by atoms with Gasteiger partial charge in [0.05, 0.1) is 24.0 Å². The van der Waals surface area contributed by atoms with E-state index in [9.17, 15) is 9.59 Å². The lowest BCUT2D eigenvalue weighted by atomic mass is 10.1. The normalized spacial score (nSPS) is 21.7. The van der Waals surface area contributed by atoms with Gasteiger partial charge < -0.3 is 15.2 Å². The van der Waals surface area contributed by atoms with Crippen molar-refractivity contribution in [2.24, 2.45) is 11.8 Å². The topological polar surface area (TPSA) is 75.6 Å². The third kappa shape index (κ3) is 3.97. The smallest absolute Gasteiger partial charge is 0.307 e. The molecule has 0 bridgehead atoms. The van der Waals surface area contributed by atoms with E-state index in [1.165, 1.54) is 0 Å². The lowest BCUT2D eigenvalue weighted by Crippen LogP contribution is -2.29. The Balaban J connectivity index is 1.90. The second kappa shape index (κ2) is 6.16. The zero-order valence-electron chi connectivity index (χ0n) is 12.5. The minimum atomic E-state index is -0.891. The SMILES string of the molecule is CC(C)Oc1ccc([C@H](C)NC(=O)[C@H]2C[C@H]2C(=O)O)cc1. The van der Waals surface area contributed by atoms with Crippen molar-refractivity contribution >= 4 is 11.9 Å². The molecule has 0 spiro atoms. The monoisotopic (exact) mass is 291 g/mol. The molecule has 0 unspecified atom stereocenters. The number of rotatable bonds is 6. The van der Waals surface area contributed by atoms with Crippen molar-refractivity contribution in [1.29, 1.82) is 0 Å². The number of carbonyl (C=O) groups excluding carboxylic acids is 1. The first-order chi connectivity index (χ1) is 9.88. The molecule has 0 saturated heterocycles. The molecule has 0 aliphatic heterocycles. The number of ether oxygens (including phenoxy) is 1. The minimum Gasteiger partial charge on any atom is -0.491 e. The molecule has 2 N–H and O–H groups in total. The molecule has 5 nitrogen and oxygen atoms in total. The van der Waals surface area contributed by atoms with Crippen LogP contribution in [0.5, 0.6) is 5.75 Å². The Morgan fingerprint density at radius 2 is 1.81 bits per heavy atom. The number of amides is 1. The van der Waals surface area contributed by atoms with Crippen molar-refractivity contribution in [3.8, 4) is 5.75 Å². The van der Waals surface area contributed by atoms with E-state index in [1.807, 2.05) is 45.0 Å². The molecular formula is C16H21NO4. The summed E-state index contributed by atoms with van der Waals surface area (Å²) in [6.07, 6.45) is 0.561. The summed E-state index contributed by atoms with van der Waals surface area (Å²) < 4.78 is 5.57. The van der Waals surface area contributed by atoms with E-state index in [4.69, 9.17) is 9.84 Å². The van der Waals surface area contributed by atoms with Gasteiger partial charge in [0.2, 0.25) is 5.91 Å². The van der Waals surface area contributed by atoms with Gasteiger partial charge in [-0.25, -0.2) is 0 Å². The van der Waals surface area contributed by atoms with Crippen molar-refractivity contribution in [3.05, 3.63) is 29.8 Å². The second-order valence-electron chi connectivity index (χ2n) is 5.75. The maximum absolute atomic E-state index is 11.9. The fourth-order valence-corrected chi connectivity index (χ4v) is 2.27. The molecule has 1 aromatic carbocycles. The maximum Gasteiger partial charge on any atom is 0.307 e. The van der Waals surface area contributed by atoms with Crippen molar-refractivity contribution in [1.82, 2.24) is 5.32 Å². The highest BCUT2D eigenvalue weighted by atomic mass is 16.5. The largest absolute Gasteiger partial charge is 0.491 e. The van der Waals surface area contributed by atoms with Crippen LogP contribution in [0.4, 0.5) is 0 Å². The highest BCUT2D eigenvalue weighted by molar-refractivity contribution is 5.89. The first kappa shape index (κ1) is 15.4. The lowest BCUT2D eigenvalue weighted by Gasteiger charge is -2.15. The maximum atomic E-state index is 11.9. The van der Waals surface area contributed by atoms with Gasteiger partial charge in [-0.3, -0.25) is 9.59 Å². The zero-order chi connectivity index (χ0) is 15.6. The van der Waals surface area contributed by atoms with Gasteiger partial charge in [-0.15, -0.1) is 0 Å². The summed E-state index contributed by atoms with van der Waals surface area (Å²) in [5, 5.41) is 11.7. The molecule has 1 amide bonds. The van der Waals surface area contributed by atoms with Crippen molar-refractivity contribution in [2.45, 2.75) is 39.3 Å². The summed E-state index contributed by atoms with van der Waals surface area (Å²) in [5.41, 5.74) is 0.965. The molecule has 1 fully saturated rings. The number of carboxylic acid groups (broad SMARTS) is 1. The van der Waals surface area contributed by atoms with E-state index in [1.54, 1.807) is 0 Å². The van der Waals surface area contributed by atoms with Gasteiger partial charge in [-0.05, 0) is 44.9 Å². The van der Waals surface area contributed by atoms with E-state index in [-0.39, 0.29) is 24.0 Å². The van der Waals surface area contributed by atoms with Gasteiger partial charge in [0.25, 0.3) is 0 Å². The average molecular weight is 291 g/mol. The minimum absolute atomic E-state index is 0.121. The van der Waals surface area contributed by atoms with Crippen LogP contribution in [-0.4, -0.2) is 23.1 Å². The molecule has 1 aromatic rings. The van der Waals surface area contributed by atoms with Crippen LogP contribution in [0.1, 0.15) is 38.8 Å². The quantitative estimate of drug-likeness (QED) is 0.843.